The minimum Gasteiger partial charge on any atom is -0.480 e. The number of nitrogens with zero attached hydrogens (tertiary/aromatic N) is 1. The van der Waals surface area contributed by atoms with Gasteiger partial charge in [-0.2, -0.15) is 5.26 Å². The summed E-state index contributed by atoms with van der Waals surface area (Å²) in [4.78, 5) is 12.3. The quantitative estimate of drug-likeness (QED) is 0.501. The fourth-order valence-corrected chi connectivity index (χ4v) is 5.32. The monoisotopic (exact) mass is 495 g/mol. The van der Waals surface area contributed by atoms with Gasteiger partial charge in [-0.05, 0) is 48.6 Å². The third kappa shape index (κ3) is 4.58. The summed E-state index contributed by atoms with van der Waals surface area (Å²) in [5, 5.41) is 23.6. The molecule has 1 heterocycles. The third-order valence-corrected chi connectivity index (χ3v) is 7.00. The van der Waals surface area contributed by atoms with Crippen LogP contribution >= 0.6 is 23.2 Å². The van der Waals surface area contributed by atoms with Crippen LogP contribution in [0.4, 0.5) is 8.78 Å². The Labute approximate surface area is 201 Å². The third-order valence-electron chi connectivity index (χ3n) is 6.48. The van der Waals surface area contributed by atoms with Crippen LogP contribution in [0.3, 0.4) is 0 Å². The Balaban J connectivity index is 2.34. The second-order valence-corrected chi connectivity index (χ2v) is 10.0. The molecular formula is C24H25Cl2F2N3O2. The van der Waals surface area contributed by atoms with E-state index in [2.05, 4.69) is 11.4 Å². The number of hydrogen-bond acceptors (Lipinski definition) is 4. The van der Waals surface area contributed by atoms with E-state index in [1.807, 2.05) is 13.8 Å². The van der Waals surface area contributed by atoms with E-state index in [4.69, 9.17) is 28.9 Å². The second kappa shape index (κ2) is 9.55. The Hall–Kier alpha value is -2.24. The molecule has 33 heavy (non-hydrogen) atoms. The van der Waals surface area contributed by atoms with E-state index in [0.717, 1.165) is 6.07 Å². The van der Waals surface area contributed by atoms with Crippen LogP contribution in [0.15, 0.2) is 36.4 Å². The van der Waals surface area contributed by atoms with Gasteiger partial charge in [0.15, 0.2) is 0 Å². The maximum Gasteiger partial charge on any atom is 0.321 e. The molecule has 5 nitrogen and oxygen atoms in total. The Morgan fingerprint density at radius 2 is 2.00 bits per heavy atom. The zero-order chi connectivity index (χ0) is 24.6. The van der Waals surface area contributed by atoms with Crippen LogP contribution in [0, 0.1) is 28.4 Å². The van der Waals surface area contributed by atoms with E-state index in [-0.39, 0.29) is 21.2 Å². The van der Waals surface area contributed by atoms with Crippen molar-refractivity contribution in [1.29, 1.82) is 5.26 Å². The lowest BCUT2D eigenvalue weighted by Gasteiger charge is -2.38. The molecule has 0 amide bonds. The van der Waals surface area contributed by atoms with Crippen LogP contribution in [-0.2, 0) is 10.2 Å². The van der Waals surface area contributed by atoms with Gasteiger partial charge in [0, 0.05) is 22.5 Å². The number of nitrogens with one attached hydrogen (secondary N) is 1. The molecule has 1 aliphatic rings. The van der Waals surface area contributed by atoms with Gasteiger partial charge in [0.1, 0.15) is 23.1 Å². The van der Waals surface area contributed by atoms with Gasteiger partial charge in [0.05, 0.1) is 11.1 Å². The van der Waals surface area contributed by atoms with Crippen molar-refractivity contribution >= 4 is 29.2 Å². The molecule has 176 valence electrons. The van der Waals surface area contributed by atoms with Crippen molar-refractivity contribution in [3.05, 3.63) is 69.2 Å². The lowest BCUT2D eigenvalue weighted by atomic mass is 9.62. The first kappa shape index (κ1) is 25.4. The van der Waals surface area contributed by atoms with Gasteiger partial charge >= 0.3 is 5.97 Å². The van der Waals surface area contributed by atoms with E-state index < -0.39 is 46.4 Å². The van der Waals surface area contributed by atoms with E-state index in [0.29, 0.717) is 19.4 Å². The van der Waals surface area contributed by atoms with Gasteiger partial charge in [-0.3, -0.25) is 10.1 Å². The molecule has 0 radical (unpaired) electrons. The Kier molecular flexibility index (Phi) is 7.35. The van der Waals surface area contributed by atoms with Crippen molar-refractivity contribution in [2.75, 3.05) is 6.54 Å². The normalized spacial score (nSPS) is 25.1. The summed E-state index contributed by atoms with van der Waals surface area (Å²) in [6.07, 6.45) is 0.881. The van der Waals surface area contributed by atoms with Crippen LogP contribution in [0.2, 0.25) is 10.0 Å². The summed E-state index contributed by atoms with van der Waals surface area (Å²) in [7, 11) is 0. The fraction of sp³-hybridized carbons (Fsp3) is 0.417. The molecule has 0 bridgehead atoms. The number of nitrogens with two attached hydrogens (primary N) is 1. The SMILES string of the molecule is CC(C)(CCN)CC1NC(C(=O)O)C(c2cccc(Cl)c2F)C1(C#N)c1ccc(Cl)cc1F. The molecular weight excluding hydrogens is 471 g/mol. The lowest BCUT2D eigenvalue weighted by molar-refractivity contribution is -0.139. The predicted octanol–water partition coefficient (Wildman–Crippen LogP) is 5.01. The van der Waals surface area contributed by atoms with Crippen molar-refractivity contribution in [3.63, 3.8) is 0 Å². The Bertz CT molecular complexity index is 1110. The number of halogens is 4. The molecule has 0 aliphatic carbocycles. The summed E-state index contributed by atoms with van der Waals surface area (Å²) in [5.41, 5.74) is 3.45. The van der Waals surface area contributed by atoms with E-state index in [1.54, 1.807) is 0 Å². The molecule has 2 aromatic carbocycles. The molecule has 0 saturated carbocycles. The summed E-state index contributed by atoms with van der Waals surface area (Å²) in [5.74, 6) is -4.17. The molecule has 0 aromatic heterocycles. The number of rotatable bonds is 7. The van der Waals surface area contributed by atoms with Gasteiger partial charge in [0.2, 0.25) is 0 Å². The zero-order valence-corrected chi connectivity index (χ0v) is 19.7. The summed E-state index contributed by atoms with van der Waals surface area (Å²) in [6.45, 7) is 4.25. The maximum absolute atomic E-state index is 15.3. The lowest BCUT2D eigenvalue weighted by Crippen LogP contribution is -2.45. The molecule has 3 rings (SSSR count). The highest BCUT2D eigenvalue weighted by Gasteiger charge is 2.61. The average Bonchev–Trinajstić information content (AvgIpc) is 3.04. The molecule has 2 aromatic rings. The van der Waals surface area contributed by atoms with Crippen LogP contribution in [-0.4, -0.2) is 29.7 Å². The first-order valence-corrected chi connectivity index (χ1v) is 11.2. The van der Waals surface area contributed by atoms with E-state index in [9.17, 15) is 15.2 Å². The maximum atomic E-state index is 15.3. The van der Waals surface area contributed by atoms with Gasteiger partial charge in [-0.15, -0.1) is 0 Å². The molecule has 1 aliphatic heterocycles. The van der Waals surface area contributed by atoms with Crippen molar-refractivity contribution in [2.24, 2.45) is 11.1 Å². The first-order valence-electron chi connectivity index (χ1n) is 10.5. The molecule has 4 N–H and O–H groups in total. The zero-order valence-electron chi connectivity index (χ0n) is 18.2. The van der Waals surface area contributed by atoms with Gasteiger partial charge in [0.25, 0.3) is 0 Å². The highest BCUT2D eigenvalue weighted by Crippen LogP contribution is 2.53. The van der Waals surface area contributed by atoms with Gasteiger partial charge in [-0.25, -0.2) is 8.78 Å². The number of nitriles is 1. The highest BCUT2D eigenvalue weighted by atomic mass is 35.5. The van der Waals surface area contributed by atoms with Crippen molar-refractivity contribution in [3.8, 4) is 6.07 Å². The molecule has 1 fully saturated rings. The molecule has 0 spiro atoms. The number of carbonyl (C=O) groups is 1. The predicted molar refractivity (Wildman–Crippen MR) is 123 cm³/mol. The van der Waals surface area contributed by atoms with Crippen LogP contribution in [0.5, 0.6) is 0 Å². The van der Waals surface area contributed by atoms with Crippen molar-refractivity contribution < 1.29 is 18.7 Å². The number of hydrogen-bond donors (Lipinski definition) is 3. The summed E-state index contributed by atoms with van der Waals surface area (Å²) < 4.78 is 30.6. The number of benzene rings is 2. The Morgan fingerprint density at radius 1 is 1.30 bits per heavy atom. The summed E-state index contributed by atoms with van der Waals surface area (Å²) >= 11 is 12.0. The first-order chi connectivity index (χ1) is 15.5. The largest absolute Gasteiger partial charge is 0.480 e. The Morgan fingerprint density at radius 3 is 2.58 bits per heavy atom. The smallest absolute Gasteiger partial charge is 0.321 e. The standard InChI is InChI=1S/C24H25Cl2F2N3O2/c1-23(2,8-9-29)11-18-24(12-30,15-7-6-13(25)10-17(15)27)19(21(31-18)22(32)33)14-4-3-5-16(26)20(14)28/h3-7,10,18-19,21,31H,8-9,11,29H2,1-2H3,(H,32,33). The number of carboxylic acids is 1. The van der Waals surface area contributed by atoms with Crippen LogP contribution in [0.1, 0.15) is 43.7 Å². The average molecular weight is 496 g/mol. The summed E-state index contributed by atoms with van der Waals surface area (Å²) in [6, 6.07) is 8.06. The minimum absolute atomic E-state index is 0.0522. The molecule has 4 atom stereocenters. The van der Waals surface area contributed by atoms with Crippen molar-refractivity contribution in [1.82, 2.24) is 5.32 Å². The minimum atomic E-state index is -1.77. The number of aliphatic carboxylic acids is 1. The molecule has 4 unspecified atom stereocenters. The van der Waals surface area contributed by atoms with E-state index >= 15 is 8.78 Å². The van der Waals surface area contributed by atoms with Gasteiger partial charge in [-0.1, -0.05) is 55.2 Å². The molecule has 9 heteroatoms. The topological polar surface area (TPSA) is 99.1 Å². The molecule has 1 saturated heterocycles. The number of carboxylic acid groups (broad SMARTS) is 1. The highest BCUT2D eigenvalue weighted by molar-refractivity contribution is 6.31. The fourth-order valence-electron chi connectivity index (χ4n) is 4.98. The second-order valence-electron chi connectivity index (χ2n) is 9.17. The van der Waals surface area contributed by atoms with Crippen LogP contribution in [0.25, 0.3) is 0 Å². The van der Waals surface area contributed by atoms with Crippen LogP contribution < -0.4 is 11.1 Å². The van der Waals surface area contributed by atoms with Gasteiger partial charge < -0.3 is 10.8 Å². The van der Waals surface area contributed by atoms with E-state index in [1.165, 1.54) is 30.3 Å². The van der Waals surface area contributed by atoms with Crippen molar-refractivity contribution in [2.45, 2.75) is 50.1 Å².